The molecule has 0 fully saturated rings. The molecule has 5 heteroatoms. The van der Waals surface area contributed by atoms with E-state index in [1.54, 1.807) is 18.2 Å². The maximum Gasteiger partial charge on any atom is 0.330 e. The lowest BCUT2D eigenvalue weighted by Crippen LogP contribution is -2.11. The summed E-state index contributed by atoms with van der Waals surface area (Å²) in [4.78, 5) is 10.7. The summed E-state index contributed by atoms with van der Waals surface area (Å²) in [6, 6.07) is 5.11. The molecule has 0 saturated carbocycles. The molecular weight excluding hydrogens is 208 g/mol. The number of ether oxygens (including phenoxy) is 2. The Balaban J connectivity index is 2.40. The van der Waals surface area contributed by atoms with Crippen LogP contribution in [-0.2, 0) is 9.53 Å². The van der Waals surface area contributed by atoms with Gasteiger partial charge in [-0.1, -0.05) is 12.6 Å². The number of carbonyl (C=O) groups excluding carboxylic acids is 1. The molecule has 5 nitrogen and oxygen atoms in total. The van der Waals surface area contributed by atoms with Crippen LogP contribution in [0.2, 0.25) is 0 Å². The first-order valence-electron chi connectivity index (χ1n) is 4.71. The molecule has 1 aromatic carbocycles. The quantitative estimate of drug-likeness (QED) is 0.335. The zero-order valence-corrected chi connectivity index (χ0v) is 8.81. The van der Waals surface area contributed by atoms with Crippen molar-refractivity contribution >= 4 is 17.3 Å². The molecular formula is C11H14N2O3. The van der Waals surface area contributed by atoms with Gasteiger partial charge in [-0.2, -0.15) is 0 Å². The summed E-state index contributed by atoms with van der Waals surface area (Å²) in [5, 5.41) is 0. The van der Waals surface area contributed by atoms with Gasteiger partial charge in [0.2, 0.25) is 0 Å². The van der Waals surface area contributed by atoms with Crippen LogP contribution in [0.25, 0.3) is 0 Å². The number of para-hydroxylation sites is 1. The van der Waals surface area contributed by atoms with Gasteiger partial charge in [0.25, 0.3) is 0 Å². The van der Waals surface area contributed by atoms with Crippen molar-refractivity contribution in [2.24, 2.45) is 0 Å². The molecule has 0 aliphatic carbocycles. The highest BCUT2D eigenvalue weighted by Crippen LogP contribution is 2.26. The summed E-state index contributed by atoms with van der Waals surface area (Å²) in [6.45, 7) is 3.62. The number of esters is 1. The predicted octanol–water partition coefficient (Wildman–Crippen LogP) is 0.959. The second-order valence-electron chi connectivity index (χ2n) is 2.98. The van der Waals surface area contributed by atoms with Crippen LogP contribution in [0, 0.1) is 0 Å². The summed E-state index contributed by atoms with van der Waals surface area (Å²) in [6.07, 6.45) is 1.09. The van der Waals surface area contributed by atoms with Crippen LogP contribution in [0.15, 0.2) is 30.9 Å². The average Bonchev–Trinajstić information content (AvgIpc) is 2.29. The van der Waals surface area contributed by atoms with E-state index in [1.165, 1.54) is 0 Å². The first-order chi connectivity index (χ1) is 7.65. The van der Waals surface area contributed by atoms with E-state index in [-0.39, 0.29) is 13.2 Å². The molecule has 0 aromatic heterocycles. The lowest BCUT2D eigenvalue weighted by molar-refractivity contribution is -0.138. The SMILES string of the molecule is C=CC(=O)OCCOc1cccc(N)c1N. The summed E-state index contributed by atoms with van der Waals surface area (Å²) in [5.74, 6) is -0.00111. The Morgan fingerprint density at radius 1 is 1.38 bits per heavy atom. The van der Waals surface area contributed by atoms with Crippen molar-refractivity contribution in [3.63, 3.8) is 0 Å². The van der Waals surface area contributed by atoms with E-state index in [4.69, 9.17) is 20.9 Å². The second kappa shape index (κ2) is 5.65. The minimum Gasteiger partial charge on any atom is -0.488 e. The monoisotopic (exact) mass is 222 g/mol. The van der Waals surface area contributed by atoms with Gasteiger partial charge in [0, 0.05) is 6.08 Å². The summed E-state index contributed by atoms with van der Waals surface area (Å²) >= 11 is 0. The molecule has 4 N–H and O–H groups in total. The third-order valence-corrected chi connectivity index (χ3v) is 1.85. The molecule has 0 spiro atoms. The minimum absolute atomic E-state index is 0.138. The van der Waals surface area contributed by atoms with E-state index in [0.29, 0.717) is 17.1 Å². The summed E-state index contributed by atoms with van der Waals surface area (Å²) in [5.41, 5.74) is 12.1. The molecule has 0 heterocycles. The Kier molecular flexibility index (Phi) is 4.20. The Morgan fingerprint density at radius 2 is 2.12 bits per heavy atom. The van der Waals surface area contributed by atoms with Crippen molar-refractivity contribution in [1.29, 1.82) is 0 Å². The van der Waals surface area contributed by atoms with Crippen LogP contribution in [0.5, 0.6) is 5.75 Å². The third-order valence-electron chi connectivity index (χ3n) is 1.85. The number of hydrogen-bond donors (Lipinski definition) is 2. The molecule has 1 aromatic rings. The molecule has 0 saturated heterocycles. The van der Waals surface area contributed by atoms with Crippen LogP contribution >= 0.6 is 0 Å². The van der Waals surface area contributed by atoms with Gasteiger partial charge in [-0.3, -0.25) is 0 Å². The average molecular weight is 222 g/mol. The molecule has 1 rings (SSSR count). The molecule has 0 amide bonds. The van der Waals surface area contributed by atoms with Crippen LogP contribution in [0.3, 0.4) is 0 Å². The van der Waals surface area contributed by atoms with Crippen molar-refractivity contribution in [2.45, 2.75) is 0 Å². The number of rotatable bonds is 5. The Hall–Kier alpha value is -2.17. The molecule has 0 radical (unpaired) electrons. The minimum atomic E-state index is -0.482. The fourth-order valence-electron chi connectivity index (χ4n) is 1.04. The fourth-order valence-corrected chi connectivity index (χ4v) is 1.04. The maximum absolute atomic E-state index is 10.7. The topological polar surface area (TPSA) is 87.6 Å². The van der Waals surface area contributed by atoms with Gasteiger partial charge in [0.15, 0.2) is 0 Å². The van der Waals surface area contributed by atoms with E-state index < -0.39 is 5.97 Å². The van der Waals surface area contributed by atoms with E-state index in [9.17, 15) is 4.79 Å². The normalized spacial score (nSPS) is 9.50. The molecule has 86 valence electrons. The van der Waals surface area contributed by atoms with E-state index in [0.717, 1.165) is 6.08 Å². The molecule has 0 aliphatic rings. The standard InChI is InChI=1S/C11H14N2O3/c1-2-10(14)16-7-6-15-9-5-3-4-8(12)11(9)13/h2-5H,1,6-7,12-13H2. The van der Waals surface area contributed by atoms with Crippen molar-refractivity contribution < 1.29 is 14.3 Å². The fraction of sp³-hybridized carbons (Fsp3) is 0.182. The Bertz CT molecular complexity index is 391. The van der Waals surface area contributed by atoms with E-state index in [2.05, 4.69) is 6.58 Å². The van der Waals surface area contributed by atoms with Crippen LogP contribution in [0.4, 0.5) is 11.4 Å². The van der Waals surface area contributed by atoms with Crippen molar-refractivity contribution in [3.05, 3.63) is 30.9 Å². The lowest BCUT2D eigenvalue weighted by Gasteiger charge is -2.09. The zero-order valence-electron chi connectivity index (χ0n) is 8.81. The lowest BCUT2D eigenvalue weighted by atomic mass is 10.2. The van der Waals surface area contributed by atoms with Gasteiger partial charge in [-0.25, -0.2) is 4.79 Å². The van der Waals surface area contributed by atoms with Crippen LogP contribution in [-0.4, -0.2) is 19.2 Å². The Morgan fingerprint density at radius 3 is 2.81 bits per heavy atom. The number of benzene rings is 1. The van der Waals surface area contributed by atoms with Gasteiger partial charge in [-0.15, -0.1) is 0 Å². The summed E-state index contributed by atoms with van der Waals surface area (Å²) < 4.78 is 10.0. The van der Waals surface area contributed by atoms with Gasteiger partial charge in [0.05, 0.1) is 11.4 Å². The van der Waals surface area contributed by atoms with Gasteiger partial charge >= 0.3 is 5.97 Å². The first kappa shape index (κ1) is 11.9. The van der Waals surface area contributed by atoms with Gasteiger partial charge < -0.3 is 20.9 Å². The molecule has 0 atom stereocenters. The zero-order chi connectivity index (χ0) is 12.0. The smallest absolute Gasteiger partial charge is 0.330 e. The maximum atomic E-state index is 10.7. The number of anilines is 2. The number of hydrogen-bond acceptors (Lipinski definition) is 5. The highest BCUT2D eigenvalue weighted by molar-refractivity contribution is 5.81. The largest absolute Gasteiger partial charge is 0.488 e. The van der Waals surface area contributed by atoms with Gasteiger partial charge in [-0.05, 0) is 12.1 Å². The molecule has 0 aliphatic heterocycles. The highest BCUT2D eigenvalue weighted by Gasteiger charge is 2.03. The van der Waals surface area contributed by atoms with Crippen molar-refractivity contribution in [1.82, 2.24) is 0 Å². The van der Waals surface area contributed by atoms with E-state index >= 15 is 0 Å². The second-order valence-corrected chi connectivity index (χ2v) is 2.98. The summed E-state index contributed by atoms with van der Waals surface area (Å²) in [7, 11) is 0. The van der Waals surface area contributed by atoms with Crippen molar-refractivity contribution in [3.8, 4) is 5.75 Å². The molecule has 0 bridgehead atoms. The van der Waals surface area contributed by atoms with Crippen LogP contribution < -0.4 is 16.2 Å². The Labute approximate surface area is 93.6 Å². The van der Waals surface area contributed by atoms with E-state index in [1.807, 2.05) is 0 Å². The number of nitrogen functional groups attached to an aromatic ring is 2. The molecule has 16 heavy (non-hydrogen) atoms. The predicted molar refractivity (Wildman–Crippen MR) is 61.9 cm³/mol. The molecule has 0 unspecified atom stereocenters. The number of carbonyl (C=O) groups is 1. The number of nitrogens with two attached hydrogens (primary N) is 2. The van der Waals surface area contributed by atoms with Crippen LogP contribution in [0.1, 0.15) is 0 Å². The third kappa shape index (κ3) is 3.20. The first-order valence-corrected chi connectivity index (χ1v) is 4.71. The van der Waals surface area contributed by atoms with Gasteiger partial charge in [0.1, 0.15) is 19.0 Å². The van der Waals surface area contributed by atoms with Crippen molar-refractivity contribution in [2.75, 3.05) is 24.7 Å². The highest BCUT2D eigenvalue weighted by atomic mass is 16.6.